The zero-order valence-electron chi connectivity index (χ0n) is 14.7. The number of nitrogens with one attached hydrogen (secondary N) is 1. The molecule has 1 aromatic heterocycles. The molecule has 26 heavy (non-hydrogen) atoms. The molecule has 1 heterocycles. The molecule has 144 valence electrons. The van der Waals surface area contributed by atoms with Crippen LogP contribution >= 0.6 is 24.8 Å². The van der Waals surface area contributed by atoms with Crippen molar-refractivity contribution in [2.45, 2.75) is 45.2 Å². The molecule has 8 heteroatoms. The van der Waals surface area contributed by atoms with E-state index >= 15 is 0 Å². The van der Waals surface area contributed by atoms with Crippen LogP contribution in [0, 0.1) is 18.7 Å². The molecule has 1 saturated carbocycles. The molecule has 2 unspecified atom stereocenters. The second kappa shape index (κ2) is 9.90. The molecule has 0 spiro atoms. The summed E-state index contributed by atoms with van der Waals surface area (Å²) in [5, 5.41) is 2.90. The first-order valence-corrected chi connectivity index (χ1v) is 8.36. The quantitative estimate of drug-likeness (QED) is 0.823. The summed E-state index contributed by atoms with van der Waals surface area (Å²) in [6.07, 6.45) is 6.96. The van der Waals surface area contributed by atoms with E-state index in [9.17, 15) is 9.18 Å². The molecule has 3 rings (SSSR count). The van der Waals surface area contributed by atoms with Crippen LogP contribution in [-0.2, 0) is 11.3 Å². The van der Waals surface area contributed by atoms with Gasteiger partial charge in [0.2, 0.25) is 5.91 Å². The predicted octanol–water partition coefficient (Wildman–Crippen LogP) is 3.30. The summed E-state index contributed by atoms with van der Waals surface area (Å²) in [5.74, 6) is 0.387. The van der Waals surface area contributed by atoms with E-state index in [1.807, 2.05) is 13.0 Å². The third kappa shape index (κ3) is 5.19. The number of aromatic nitrogens is 2. The maximum absolute atomic E-state index is 14.3. The van der Waals surface area contributed by atoms with Gasteiger partial charge in [-0.15, -0.1) is 24.8 Å². The second-order valence-corrected chi connectivity index (χ2v) is 6.47. The van der Waals surface area contributed by atoms with Crippen LogP contribution in [0.5, 0.6) is 0 Å². The number of halogens is 3. The van der Waals surface area contributed by atoms with Crippen molar-refractivity contribution in [3.63, 3.8) is 0 Å². The Kier molecular flexibility index (Phi) is 8.53. The average Bonchev–Trinajstić information content (AvgIpc) is 2.98. The van der Waals surface area contributed by atoms with Gasteiger partial charge in [0.1, 0.15) is 11.6 Å². The molecule has 1 aliphatic carbocycles. The first-order valence-electron chi connectivity index (χ1n) is 8.36. The lowest BCUT2D eigenvalue weighted by atomic mass is 9.85. The van der Waals surface area contributed by atoms with Crippen LogP contribution in [0.2, 0.25) is 0 Å². The molecule has 0 saturated heterocycles. The van der Waals surface area contributed by atoms with Gasteiger partial charge in [-0.1, -0.05) is 12.5 Å². The number of carbonyl (C=O) groups excluding carboxylic acids is 1. The average molecular weight is 403 g/mol. The van der Waals surface area contributed by atoms with Crippen molar-refractivity contribution in [3.8, 4) is 5.69 Å². The fraction of sp³-hybridized carbons (Fsp3) is 0.444. The van der Waals surface area contributed by atoms with Crippen LogP contribution in [0.4, 0.5) is 4.39 Å². The van der Waals surface area contributed by atoms with E-state index in [0.717, 1.165) is 37.1 Å². The predicted molar refractivity (Wildman–Crippen MR) is 105 cm³/mol. The van der Waals surface area contributed by atoms with Crippen LogP contribution < -0.4 is 11.1 Å². The van der Waals surface area contributed by atoms with Crippen LogP contribution in [0.25, 0.3) is 5.69 Å². The normalized spacial score (nSPS) is 19.2. The molecular weight excluding hydrogens is 378 g/mol. The van der Waals surface area contributed by atoms with Gasteiger partial charge in [0.15, 0.2) is 0 Å². The minimum Gasteiger partial charge on any atom is -0.352 e. The van der Waals surface area contributed by atoms with E-state index in [1.165, 1.54) is 6.07 Å². The van der Waals surface area contributed by atoms with Crippen molar-refractivity contribution < 1.29 is 9.18 Å². The highest BCUT2D eigenvalue weighted by atomic mass is 35.5. The number of imidazole rings is 1. The summed E-state index contributed by atoms with van der Waals surface area (Å²) >= 11 is 0. The number of carbonyl (C=O) groups is 1. The number of nitrogens with zero attached hydrogens (tertiary/aromatic N) is 2. The highest BCUT2D eigenvalue weighted by Gasteiger charge is 2.25. The Hall–Kier alpha value is -1.63. The molecule has 1 fully saturated rings. The van der Waals surface area contributed by atoms with Gasteiger partial charge in [0.25, 0.3) is 0 Å². The van der Waals surface area contributed by atoms with Gasteiger partial charge in [-0.05, 0) is 43.9 Å². The van der Waals surface area contributed by atoms with E-state index in [-0.39, 0.29) is 48.5 Å². The Bertz CT molecular complexity index is 738. The molecular formula is C18H25Cl2FN4O. The number of hydrogen-bond donors (Lipinski definition) is 2. The molecule has 5 nitrogen and oxygen atoms in total. The SMILES string of the molecule is Cc1nccn1-c1ccc(CNC(=O)C2CCCC(N)C2)cc1F.Cl.Cl. The molecule has 1 aromatic carbocycles. The van der Waals surface area contributed by atoms with E-state index in [1.54, 1.807) is 23.0 Å². The first kappa shape index (κ1) is 22.4. The van der Waals surface area contributed by atoms with Crippen molar-refractivity contribution in [2.24, 2.45) is 11.7 Å². The Morgan fingerprint density at radius 2 is 2.15 bits per heavy atom. The zero-order valence-corrected chi connectivity index (χ0v) is 16.3. The molecule has 2 atom stereocenters. The van der Waals surface area contributed by atoms with Gasteiger partial charge in [-0.3, -0.25) is 4.79 Å². The number of rotatable bonds is 4. The first-order chi connectivity index (χ1) is 11.5. The van der Waals surface area contributed by atoms with Crippen LogP contribution in [0.3, 0.4) is 0 Å². The van der Waals surface area contributed by atoms with Crippen molar-refractivity contribution in [2.75, 3.05) is 0 Å². The van der Waals surface area contributed by atoms with Gasteiger partial charge in [-0.2, -0.15) is 0 Å². The van der Waals surface area contributed by atoms with Crippen LogP contribution in [0.15, 0.2) is 30.6 Å². The summed E-state index contributed by atoms with van der Waals surface area (Å²) in [6, 6.07) is 5.11. The number of nitrogens with two attached hydrogens (primary N) is 1. The lowest BCUT2D eigenvalue weighted by Crippen LogP contribution is -2.37. The number of amides is 1. The number of hydrogen-bond acceptors (Lipinski definition) is 3. The zero-order chi connectivity index (χ0) is 17.1. The Balaban J connectivity index is 0.00000169. The maximum atomic E-state index is 14.3. The van der Waals surface area contributed by atoms with E-state index < -0.39 is 0 Å². The molecule has 1 amide bonds. The lowest BCUT2D eigenvalue weighted by Gasteiger charge is -2.25. The number of benzene rings is 1. The smallest absolute Gasteiger partial charge is 0.223 e. The Morgan fingerprint density at radius 1 is 1.38 bits per heavy atom. The highest BCUT2D eigenvalue weighted by Crippen LogP contribution is 2.23. The van der Waals surface area contributed by atoms with Crippen molar-refractivity contribution in [3.05, 3.63) is 47.8 Å². The topological polar surface area (TPSA) is 72.9 Å². The lowest BCUT2D eigenvalue weighted by molar-refractivity contribution is -0.126. The highest BCUT2D eigenvalue weighted by molar-refractivity contribution is 5.85. The van der Waals surface area contributed by atoms with Crippen molar-refractivity contribution in [1.82, 2.24) is 14.9 Å². The molecule has 2 aromatic rings. The van der Waals surface area contributed by atoms with Gasteiger partial charge in [0.05, 0.1) is 5.69 Å². The summed E-state index contributed by atoms with van der Waals surface area (Å²) in [5.41, 5.74) is 7.12. The molecule has 0 radical (unpaired) electrons. The van der Waals surface area contributed by atoms with E-state index in [0.29, 0.717) is 12.2 Å². The van der Waals surface area contributed by atoms with Gasteiger partial charge >= 0.3 is 0 Å². The summed E-state index contributed by atoms with van der Waals surface area (Å²) in [7, 11) is 0. The molecule has 0 aliphatic heterocycles. The molecule has 3 N–H and O–H groups in total. The van der Waals surface area contributed by atoms with Crippen molar-refractivity contribution in [1.29, 1.82) is 0 Å². The van der Waals surface area contributed by atoms with Crippen molar-refractivity contribution >= 4 is 30.7 Å². The molecule has 0 bridgehead atoms. The third-order valence-corrected chi connectivity index (χ3v) is 4.65. The minimum absolute atomic E-state index is 0. The monoisotopic (exact) mass is 402 g/mol. The van der Waals surface area contributed by atoms with Gasteiger partial charge in [-0.25, -0.2) is 9.37 Å². The second-order valence-electron chi connectivity index (χ2n) is 6.47. The van der Waals surface area contributed by atoms with Crippen LogP contribution in [0.1, 0.15) is 37.1 Å². The maximum Gasteiger partial charge on any atom is 0.223 e. The standard InChI is InChI=1S/C18H23FN4O.2ClH/c1-12-21-7-8-23(12)17-6-5-13(9-16(17)19)11-22-18(24)14-3-2-4-15(20)10-14;;/h5-9,14-15H,2-4,10-11,20H2,1H3,(H,22,24);2*1H. The Morgan fingerprint density at radius 3 is 2.77 bits per heavy atom. The largest absolute Gasteiger partial charge is 0.352 e. The van der Waals surface area contributed by atoms with Crippen LogP contribution in [-0.4, -0.2) is 21.5 Å². The minimum atomic E-state index is -0.331. The molecule has 1 aliphatic rings. The van der Waals surface area contributed by atoms with Gasteiger partial charge in [0, 0.05) is 30.9 Å². The Labute approximate surface area is 165 Å². The van der Waals surface area contributed by atoms with E-state index in [2.05, 4.69) is 10.3 Å². The fourth-order valence-electron chi connectivity index (χ4n) is 3.29. The summed E-state index contributed by atoms with van der Waals surface area (Å²) in [4.78, 5) is 16.3. The fourth-order valence-corrected chi connectivity index (χ4v) is 3.29. The third-order valence-electron chi connectivity index (χ3n) is 4.65. The number of aryl methyl sites for hydroxylation is 1. The van der Waals surface area contributed by atoms with Gasteiger partial charge < -0.3 is 15.6 Å². The summed E-state index contributed by atoms with van der Waals surface area (Å²) < 4.78 is 16.0. The summed E-state index contributed by atoms with van der Waals surface area (Å²) in [6.45, 7) is 2.15. The van der Waals surface area contributed by atoms with E-state index in [4.69, 9.17) is 5.73 Å².